The van der Waals surface area contributed by atoms with Crippen LogP contribution in [0.3, 0.4) is 0 Å². The van der Waals surface area contributed by atoms with E-state index in [9.17, 15) is 10.2 Å². The minimum absolute atomic E-state index is 0.0189. The average molecular weight is 315 g/mol. The summed E-state index contributed by atoms with van der Waals surface area (Å²) in [6.45, 7) is 0.884. The van der Waals surface area contributed by atoms with Crippen LogP contribution in [-0.2, 0) is 5.41 Å². The van der Waals surface area contributed by atoms with Crippen molar-refractivity contribution in [3.8, 4) is 11.5 Å². The van der Waals surface area contributed by atoms with Gasteiger partial charge in [0.2, 0.25) is 0 Å². The lowest BCUT2D eigenvalue weighted by atomic mass is 9.52. The van der Waals surface area contributed by atoms with Crippen molar-refractivity contribution in [3.63, 3.8) is 0 Å². The molecular formula is C18H21NO4. The number of rotatable bonds is 1. The van der Waals surface area contributed by atoms with E-state index in [2.05, 4.69) is 18.0 Å². The van der Waals surface area contributed by atoms with Gasteiger partial charge in [-0.3, -0.25) is 4.90 Å². The first-order valence-corrected chi connectivity index (χ1v) is 8.22. The number of aliphatic hydroxyl groups excluding tert-OH is 2. The molecule has 0 aromatic heterocycles. The first kappa shape index (κ1) is 13.8. The Balaban J connectivity index is 1.85. The van der Waals surface area contributed by atoms with E-state index < -0.39 is 12.2 Å². The summed E-state index contributed by atoms with van der Waals surface area (Å²) in [7, 11) is 3.70. The molecule has 1 aromatic rings. The van der Waals surface area contributed by atoms with Crippen LogP contribution in [0, 0.1) is 5.92 Å². The van der Waals surface area contributed by atoms with Gasteiger partial charge >= 0.3 is 0 Å². The third kappa shape index (κ3) is 1.40. The lowest BCUT2D eigenvalue weighted by Crippen LogP contribution is -2.65. The first-order chi connectivity index (χ1) is 11.1. The monoisotopic (exact) mass is 315 g/mol. The Kier molecular flexibility index (Phi) is 2.58. The zero-order valence-electron chi connectivity index (χ0n) is 13.3. The third-order valence-electron chi connectivity index (χ3n) is 6.41. The van der Waals surface area contributed by atoms with Crippen molar-refractivity contribution in [1.82, 2.24) is 4.90 Å². The standard InChI is InChI=1S/C18H21NO4/c1-19-8-7-18-10-4-5-11(20)17(18)23-16-12(22-2)6-3-9(13(16)18)15(21)14(10)19/h3-6,10-11,14-15,17,20-21H,7-8H2,1-2H3/t10-,11-,14-,15?,17-,18-/m0/s1. The highest BCUT2D eigenvalue weighted by molar-refractivity contribution is 5.62. The van der Waals surface area contributed by atoms with E-state index in [1.54, 1.807) is 7.11 Å². The molecule has 1 saturated heterocycles. The van der Waals surface area contributed by atoms with E-state index in [0.29, 0.717) is 11.5 Å². The Bertz CT molecular complexity index is 717. The number of benzene rings is 1. The van der Waals surface area contributed by atoms with E-state index in [-0.39, 0.29) is 23.5 Å². The molecule has 2 aliphatic heterocycles. The zero-order chi connectivity index (χ0) is 15.9. The summed E-state index contributed by atoms with van der Waals surface area (Å²) >= 11 is 0. The van der Waals surface area contributed by atoms with Crippen molar-refractivity contribution in [2.75, 3.05) is 20.7 Å². The highest BCUT2D eigenvalue weighted by atomic mass is 16.5. The van der Waals surface area contributed by atoms with Crippen molar-refractivity contribution in [2.24, 2.45) is 5.92 Å². The van der Waals surface area contributed by atoms with Crippen LogP contribution in [0.25, 0.3) is 0 Å². The van der Waals surface area contributed by atoms with Crippen LogP contribution in [-0.4, -0.2) is 54.1 Å². The molecule has 2 heterocycles. The molecule has 0 radical (unpaired) electrons. The summed E-state index contributed by atoms with van der Waals surface area (Å²) < 4.78 is 11.7. The van der Waals surface area contributed by atoms with Gasteiger partial charge < -0.3 is 19.7 Å². The Morgan fingerprint density at radius 3 is 2.91 bits per heavy atom. The van der Waals surface area contributed by atoms with Gasteiger partial charge in [-0.2, -0.15) is 0 Å². The fraction of sp³-hybridized carbons (Fsp3) is 0.556. The van der Waals surface area contributed by atoms with Gasteiger partial charge in [-0.25, -0.2) is 0 Å². The predicted octanol–water partition coefficient (Wildman–Crippen LogP) is 0.992. The van der Waals surface area contributed by atoms with Crippen LogP contribution in [0.4, 0.5) is 0 Å². The number of methoxy groups -OCH3 is 1. The van der Waals surface area contributed by atoms with E-state index >= 15 is 0 Å². The van der Waals surface area contributed by atoms with Crippen LogP contribution in [0.5, 0.6) is 11.5 Å². The van der Waals surface area contributed by atoms with E-state index in [4.69, 9.17) is 9.47 Å². The second-order valence-electron chi connectivity index (χ2n) is 7.21. The zero-order valence-corrected chi connectivity index (χ0v) is 13.3. The van der Waals surface area contributed by atoms with Gasteiger partial charge in [-0.15, -0.1) is 0 Å². The van der Waals surface area contributed by atoms with Crippen LogP contribution in [0.1, 0.15) is 23.7 Å². The summed E-state index contributed by atoms with van der Waals surface area (Å²) in [5, 5.41) is 21.6. The molecule has 6 atom stereocenters. The molecule has 2 N–H and O–H groups in total. The molecule has 4 aliphatic rings. The summed E-state index contributed by atoms with van der Waals surface area (Å²) in [4.78, 5) is 2.24. The van der Waals surface area contributed by atoms with Crippen LogP contribution in [0.2, 0.25) is 0 Å². The molecule has 5 rings (SSSR count). The number of aliphatic hydroxyl groups is 2. The highest BCUT2D eigenvalue weighted by Crippen LogP contribution is 2.64. The lowest BCUT2D eigenvalue weighted by Gasteiger charge is -2.57. The van der Waals surface area contributed by atoms with Gasteiger partial charge in [0.15, 0.2) is 11.5 Å². The maximum absolute atomic E-state index is 11.0. The summed E-state index contributed by atoms with van der Waals surface area (Å²) in [6.07, 6.45) is 3.35. The van der Waals surface area contributed by atoms with Crippen LogP contribution < -0.4 is 9.47 Å². The quantitative estimate of drug-likeness (QED) is 0.757. The van der Waals surface area contributed by atoms with Crippen molar-refractivity contribution in [3.05, 3.63) is 35.4 Å². The fourth-order valence-electron chi connectivity index (χ4n) is 5.45. The van der Waals surface area contributed by atoms with Gasteiger partial charge in [-0.05, 0) is 31.6 Å². The lowest BCUT2D eigenvalue weighted by molar-refractivity contribution is -0.0823. The minimum Gasteiger partial charge on any atom is -0.493 e. The van der Waals surface area contributed by atoms with E-state index in [1.165, 1.54) is 0 Å². The average Bonchev–Trinajstić information content (AvgIpc) is 2.90. The molecular weight excluding hydrogens is 294 g/mol. The maximum atomic E-state index is 11.0. The molecule has 1 aromatic carbocycles. The Morgan fingerprint density at radius 2 is 2.13 bits per heavy atom. The molecule has 23 heavy (non-hydrogen) atoms. The number of hydrogen-bond acceptors (Lipinski definition) is 5. The summed E-state index contributed by atoms with van der Waals surface area (Å²) in [6, 6.07) is 3.84. The number of piperidine rings is 1. The molecule has 1 spiro atoms. The smallest absolute Gasteiger partial charge is 0.166 e. The third-order valence-corrected chi connectivity index (χ3v) is 6.41. The Hall–Kier alpha value is -1.56. The molecule has 5 nitrogen and oxygen atoms in total. The normalized spacial score (nSPS) is 43.0. The topological polar surface area (TPSA) is 62.2 Å². The number of hydrogen-bond donors (Lipinski definition) is 2. The molecule has 0 saturated carbocycles. The largest absolute Gasteiger partial charge is 0.493 e. The summed E-state index contributed by atoms with van der Waals surface area (Å²) in [5.74, 6) is 1.54. The predicted molar refractivity (Wildman–Crippen MR) is 83.7 cm³/mol. The van der Waals surface area contributed by atoms with Gasteiger partial charge in [0, 0.05) is 22.9 Å². The van der Waals surface area contributed by atoms with Gasteiger partial charge in [0.1, 0.15) is 12.2 Å². The first-order valence-electron chi connectivity index (χ1n) is 8.22. The fourth-order valence-corrected chi connectivity index (χ4v) is 5.45. The SMILES string of the molecule is COc1ccc2c3c1O[C@H]1[C@@H](O)C=C[C@H]4[C@@H](C2O)N(C)CC[C@@]341. The maximum Gasteiger partial charge on any atom is 0.166 e. The molecule has 2 bridgehead atoms. The van der Waals surface area contributed by atoms with E-state index in [0.717, 1.165) is 24.1 Å². The Labute approximate surface area is 135 Å². The number of likely N-dealkylation sites (tertiary alicyclic amines) is 1. The van der Waals surface area contributed by atoms with Gasteiger partial charge in [0.25, 0.3) is 0 Å². The molecule has 0 amide bonds. The van der Waals surface area contributed by atoms with Crippen molar-refractivity contribution >= 4 is 0 Å². The van der Waals surface area contributed by atoms with Gasteiger partial charge in [-0.1, -0.05) is 18.2 Å². The number of ether oxygens (including phenoxy) is 2. The second kappa shape index (κ2) is 4.29. The summed E-state index contributed by atoms with van der Waals surface area (Å²) in [5.41, 5.74) is 1.73. The molecule has 1 unspecified atom stereocenters. The van der Waals surface area contributed by atoms with E-state index in [1.807, 2.05) is 18.2 Å². The van der Waals surface area contributed by atoms with Crippen LogP contribution in [0.15, 0.2) is 24.3 Å². The molecule has 2 aliphatic carbocycles. The minimum atomic E-state index is -0.629. The Morgan fingerprint density at radius 1 is 1.30 bits per heavy atom. The molecule has 5 heteroatoms. The molecule has 122 valence electrons. The van der Waals surface area contributed by atoms with Crippen molar-refractivity contribution in [2.45, 2.75) is 36.2 Å². The van der Waals surface area contributed by atoms with Crippen LogP contribution >= 0.6 is 0 Å². The van der Waals surface area contributed by atoms with Crippen molar-refractivity contribution < 1.29 is 19.7 Å². The highest BCUT2D eigenvalue weighted by Gasteiger charge is 2.66. The molecule has 1 fully saturated rings. The number of nitrogens with zero attached hydrogens (tertiary/aromatic N) is 1. The second-order valence-corrected chi connectivity index (χ2v) is 7.21. The van der Waals surface area contributed by atoms with Crippen molar-refractivity contribution in [1.29, 1.82) is 0 Å². The number of likely N-dealkylation sites (N-methyl/N-ethyl adjacent to an activating group) is 1. The van der Waals surface area contributed by atoms with Gasteiger partial charge in [0.05, 0.1) is 13.2 Å².